The molecule has 0 amide bonds. The molecule has 24 heavy (non-hydrogen) atoms. The number of halogens is 1. The van der Waals surface area contributed by atoms with Crippen molar-refractivity contribution < 1.29 is 19.4 Å². The minimum Gasteiger partial charge on any atom is -0.478 e. The van der Waals surface area contributed by atoms with Crippen molar-refractivity contribution in [1.82, 2.24) is 9.97 Å². The van der Waals surface area contributed by atoms with Gasteiger partial charge in [0.1, 0.15) is 5.75 Å². The highest BCUT2D eigenvalue weighted by Gasteiger charge is 2.14. The van der Waals surface area contributed by atoms with Crippen molar-refractivity contribution in [3.63, 3.8) is 0 Å². The Kier molecular flexibility index (Phi) is 5.79. The molecule has 8 heteroatoms. The largest absolute Gasteiger partial charge is 0.478 e. The van der Waals surface area contributed by atoms with Gasteiger partial charge in [-0.15, -0.1) is 0 Å². The molecule has 0 unspecified atom stereocenters. The van der Waals surface area contributed by atoms with Gasteiger partial charge in [-0.2, -0.15) is 4.98 Å². The zero-order valence-corrected chi connectivity index (χ0v) is 15.5. The number of ether oxygens (including phenoxy) is 2. The highest BCUT2D eigenvalue weighted by Crippen LogP contribution is 2.26. The molecule has 0 saturated heterocycles. The monoisotopic (exact) mass is 366 g/mol. The lowest BCUT2D eigenvalue weighted by atomic mass is 10.2. The third-order valence-corrected chi connectivity index (χ3v) is 5.12. The van der Waals surface area contributed by atoms with Crippen molar-refractivity contribution in [2.45, 2.75) is 25.7 Å². The molecule has 0 aliphatic rings. The number of nitrogens with zero attached hydrogens (tertiary/aromatic N) is 2. The second-order valence-electron chi connectivity index (χ2n) is 6.39. The summed E-state index contributed by atoms with van der Waals surface area (Å²) in [5.74, 6) is -0.529. The van der Waals surface area contributed by atoms with Gasteiger partial charge in [0.25, 0.3) is 0 Å². The van der Waals surface area contributed by atoms with Crippen LogP contribution in [0.5, 0.6) is 17.6 Å². The summed E-state index contributed by atoms with van der Waals surface area (Å²) < 4.78 is 11.1. The molecule has 0 spiro atoms. The third-order valence-electron chi connectivity index (χ3n) is 3.08. The van der Waals surface area contributed by atoms with Crippen LogP contribution >= 0.6 is 11.6 Å². The standard InChI is InChI=1S/C16H19ClN2O4Si/c1-24(2,3)9-8-22-16-18-7-6-14(19-16)23-11-4-5-13(17)12(10-11)15(20)21/h4-7,10H,8-9H2,1-3H3,(H,20,21). The van der Waals surface area contributed by atoms with Gasteiger partial charge in [0.2, 0.25) is 5.88 Å². The Balaban J connectivity index is 2.07. The summed E-state index contributed by atoms with van der Waals surface area (Å²) in [6, 6.07) is 7.19. The van der Waals surface area contributed by atoms with E-state index in [1.165, 1.54) is 18.3 Å². The van der Waals surface area contributed by atoms with E-state index in [-0.39, 0.29) is 22.5 Å². The van der Waals surface area contributed by atoms with Gasteiger partial charge in [-0.25, -0.2) is 9.78 Å². The van der Waals surface area contributed by atoms with Crippen molar-refractivity contribution in [3.05, 3.63) is 41.0 Å². The fraction of sp³-hybridized carbons (Fsp3) is 0.312. The molecule has 0 fully saturated rings. The highest BCUT2D eigenvalue weighted by molar-refractivity contribution is 6.76. The van der Waals surface area contributed by atoms with E-state index in [1.54, 1.807) is 12.1 Å². The number of aromatic nitrogens is 2. The Labute approximate surface area is 146 Å². The summed E-state index contributed by atoms with van der Waals surface area (Å²) >= 11 is 5.83. The van der Waals surface area contributed by atoms with Crippen LogP contribution in [0.3, 0.4) is 0 Å². The van der Waals surface area contributed by atoms with Gasteiger partial charge in [-0.3, -0.25) is 0 Å². The maximum atomic E-state index is 11.1. The number of benzene rings is 1. The number of hydrogen-bond acceptors (Lipinski definition) is 5. The van der Waals surface area contributed by atoms with Crippen LogP contribution in [0.1, 0.15) is 10.4 Å². The molecule has 1 aromatic carbocycles. The first kappa shape index (κ1) is 18.2. The molecule has 1 N–H and O–H groups in total. The fourth-order valence-electron chi connectivity index (χ4n) is 1.75. The Hall–Kier alpha value is -2.12. The third kappa shape index (κ3) is 5.50. The number of carboxylic acids is 1. The summed E-state index contributed by atoms with van der Waals surface area (Å²) in [6.45, 7) is 7.34. The van der Waals surface area contributed by atoms with E-state index >= 15 is 0 Å². The molecule has 0 bridgehead atoms. The van der Waals surface area contributed by atoms with Gasteiger partial charge in [0.15, 0.2) is 0 Å². The maximum absolute atomic E-state index is 11.1. The molecular weight excluding hydrogens is 348 g/mol. The number of carbonyl (C=O) groups is 1. The molecular formula is C16H19ClN2O4Si. The zero-order valence-electron chi connectivity index (χ0n) is 13.7. The van der Waals surface area contributed by atoms with E-state index in [4.69, 9.17) is 26.2 Å². The zero-order chi connectivity index (χ0) is 17.7. The first-order chi connectivity index (χ1) is 11.2. The predicted octanol–water partition coefficient (Wildman–Crippen LogP) is 4.34. The van der Waals surface area contributed by atoms with Gasteiger partial charge in [-0.1, -0.05) is 31.2 Å². The highest BCUT2D eigenvalue weighted by atomic mass is 35.5. The number of hydrogen-bond donors (Lipinski definition) is 1. The first-order valence-electron chi connectivity index (χ1n) is 7.41. The van der Waals surface area contributed by atoms with Crippen LogP contribution < -0.4 is 9.47 Å². The Morgan fingerprint density at radius 3 is 2.71 bits per heavy atom. The van der Waals surface area contributed by atoms with Crippen LogP contribution in [0.25, 0.3) is 0 Å². The predicted molar refractivity (Wildman–Crippen MR) is 94.2 cm³/mol. The average molecular weight is 367 g/mol. The Morgan fingerprint density at radius 1 is 1.29 bits per heavy atom. The smallest absolute Gasteiger partial charge is 0.337 e. The minimum atomic E-state index is -1.19. The SMILES string of the molecule is C[Si](C)(C)CCOc1nccc(Oc2ccc(Cl)c(C(=O)O)c2)n1. The van der Waals surface area contributed by atoms with Gasteiger partial charge in [0.05, 0.1) is 17.2 Å². The molecule has 0 saturated carbocycles. The van der Waals surface area contributed by atoms with Crippen LogP contribution in [0.2, 0.25) is 30.7 Å². The second-order valence-corrected chi connectivity index (χ2v) is 12.4. The molecule has 1 heterocycles. The summed E-state index contributed by atoms with van der Waals surface area (Å²) in [5, 5.41) is 9.23. The number of rotatable bonds is 7. The first-order valence-corrected chi connectivity index (χ1v) is 11.5. The van der Waals surface area contributed by atoms with Gasteiger partial charge < -0.3 is 14.6 Å². The van der Waals surface area contributed by atoms with E-state index in [2.05, 4.69) is 29.6 Å². The second kappa shape index (κ2) is 7.63. The molecule has 0 radical (unpaired) electrons. The molecule has 6 nitrogen and oxygen atoms in total. The van der Waals surface area contributed by atoms with E-state index in [0.29, 0.717) is 12.4 Å². The topological polar surface area (TPSA) is 81.5 Å². The van der Waals surface area contributed by atoms with Crippen molar-refractivity contribution in [3.8, 4) is 17.6 Å². The average Bonchev–Trinajstić information content (AvgIpc) is 2.48. The number of aromatic carboxylic acids is 1. The molecule has 0 aliphatic heterocycles. The van der Waals surface area contributed by atoms with Crippen molar-refractivity contribution >= 4 is 25.6 Å². The van der Waals surface area contributed by atoms with Crippen molar-refractivity contribution in [2.24, 2.45) is 0 Å². The number of carboxylic acid groups (broad SMARTS) is 1. The molecule has 1 aromatic heterocycles. The van der Waals surface area contributed by atoms with E-state index in [1.807, 2.05) is 0 Å². The summed E-state index contributed by atoms with van der Waals surface area (Å²) in [7, 11) is -1.19. The summed E-state index contributed by atoms with van der Waals surface area (Å²) in [4.78, 5) is 19.3. The van der Waals surface area contributed by atoms with E-state index in [0.717, 1.165) is 6.04 Å². The van der Waals surface area contributed by atoms with Crippen LogP contribution in [0.15, 0.2) is 30.5 Å². The van der Waals surface area contributed by atoms with E-state index < -0.39 is 14.0 Å². The maximum Gasteiger partial charge on any atom is 0.337 e. The van der Waals surface area contributed by atoms with Crippen molar-refractivity contribution in [1.29, 1.82) is 0 Å². The molecule has 0 atom stereocenters. The molecule has 2 rings (SSSR count). The molecule has 2 aromatic rings. The van der Waals surface area contributed by atoms with Crippen LogP contribution in [-0.4, -0.2) is 35.7 Å². The summed E-state index contributed by atoms with van der Waals surface area (Å²) in [5.41, 5.74) is -0.0326. The molecule has 0 aliphatic carbocycles. The van der Waals surface area contributed by atoms with Crippen LogP contribution in [0, 0.1) is 0 Å². The summed E-state index contributed by atoms with van der Waals surface area (Å²) in [6.07, 6.45) is 1.53. The van der Waals surface area contributed by atoms with Gasteiger partial charge in [0, 0.05) is 20.3 Å². The van der Waals surface area contributed by atoms with E-state index in [9.17, 15) is 4.79 Å². The lowest BCUT2D eigenvalue weighted by molar-refractivity contribution is 0.0696. The van der Waals surface area contributed by atoms with Crippen LogP contribution in [0.4, 0.5) is 0 Å². The lowest BCUT2D eigenvalue weighted by Crippen LogP contribution is -2.22. The van der Waals surface area contributed by atoms with Gasteiger partial charge in [-0.05, 0) is 24.2 Å². The minimum absolute atomic E-state index is 0.0326. The Morgan fingerprint density at radius 2 is 2.04 bits per heavy atom. The fourth-order valence-corrected chi connectivity index (χ4v) is 2.67. The lowest BCUT2D eigenvalue weighted by Gasteiger charge is -2.15. The van der Waals surface area contributed by atoms with Gasteiger partial charge >= 0.3 is 12.0 Å². The molecule has 128 valence electrons. The van der Waals surface area contributed by atoms with Crippen molar-refractivity contribution in [2.75, 3.05) is 6.61 Å². The van der Waals surface area contributed by atoms with Crippen LogP contribution in [-0.2, 0) is 0 Å². The Bertz CT molecular complexity index is 734. The quantitative estimate of drug-likeness (QED) is 0.734. The normalized spacial score (nSPS) is 11.2.